The SMILES string of the molecule is CC1CCN(CCN(Cc2ccc(Cl)cc2)C(=O)c2ccccc2F)CC1. The molecule has 0 saturated carbocycles. The van der Waals surface area contributed by atoms with Gasteiger partial charge < -0.3 is 9.80 Å². The molecule has 0 radical (unpaired) electrons. The predicted octanol–water partition coefficient (Wildman–Crippen LogP) is 4.85. The number of likely N-dealkylation sites (tertiary alicyclic amines) is 1. The number of benzene rings is 2. The third kappa shape index (κ3) is 5.53. The van der Waals surface area contributed by atoms with E-state index in [2.05, 4.69) is 11.8 Å². The van der Waals surface area contributed by atoms with Crippen LogP contribution in [0.3, 0.4) is 0 Å². The first-order valence-corrected chi connectivity index (χ1v) is 9.91. The Kier molecular flexibility index (Phi) is 6.86. The van der Waals surface area contributed by atoms with Crippen molar-refractivity contribution in [2.24, 2.45) is 5.92 Å². The number of piperidine rings is 1. The summed E-state index contributed by atoms with van der Waals surface area (Å²) < 4.78 is 14.2. The van der Waals surface area contributed by atoms with Crippen molar-refractivity contribution in [1.82, 2.24) is 9.80 Å². The molecule has 2 aromatic carbocycles. The quantitative estimate of drug-likeness (QED) is 0.706. The Hall–Kier alpha value is -1.91. The lowest BCUT2D eigenvalue weighted by Crippen LogP contribution is -2.41. The second kappa shape index (κ2) is 9.34. The summed E-state index contributed by atoms with van der Waals surface area (Å²) in [7, 11) is 0. The maximum absolute atomic E-state index is 14.2. The van der Waals surface area contributed by atoms with Gasteiger partial charge in [0.25, 0.3) is 5.91 Å². The van der Waals surface area contributed by atoms with E-state index in [0.717, 1.165) is 31.1 Å². The van der Waals surface area contributed by atoms with Crippen molar-refractivity contribution < 1.29 is 9.18 Å². The van der Waals surface area contributed by atoms with Gasteiger partial charge in [0.15, 0.2) is 0 Å². The third-order valence-corrected chi connectivity index (χ3v) is 5.49. The molecule has 0 unspecified atom stereocenters. The van der Waals surface area contributed by atoms with E-state index in [1.165, 1.54) is 18.9 Å². The van der Waals surface area contributed by atoms with Crippen molar-refractivity contribution in [2.45, 2.75) is 26.3 Å². The topological polar surface area (TPSA) is 23.6 Å². The molecular weight excluding hydrogens is 363 g/mol. The lowest BCUT2D eigenvalue weighted by molar-refractivity contribution is 0.0704. The first kappa shape index (κ1) is 19.8. The molecule has 0 N–H and O–H groups in total. The lowest BCUT2D eigenvalue weighted by Gasteiger charge is -2.32. The molecule has 1 amide bonds. The number of hydrogen-bond donors (Lipinski definition) is 0. The van der Waals surface area contributed by atoms with Gasteiger partial charge in [-0.2, -0.15) is 0 Å². The summed E-state index contributed by atoms with van der Waals surface area (Å²) >= 11 is 5.97. The van der Waals surface area contributed by atoms with Crippen molar-refractivity contribution >= 4 is 17.5 Å². The Morgan fingerprint density at radius 1 is 1.15 bits per heavy atom. The highest BCUT2D eigenvalue weighted by molar-refractivity contribution is 6.30. The molecule has 1 aliphatic rings. The van der Waals surface area contributed by atoms with Crippen LogP contribution in [0.1, 0.15) is 35.7 Å². The number of halogens is 2. The molecule has 144 valence electrons. The molecule has 1 heterocycles. The minimum absolute atomic E-state index is 0.124. The van der Waals surface area contributed by atoms with Crippen LogP contribution in [0.2, 0.25) is 5.02 Å². The van der Waals surface area contributed by atoms with Gasteiger partial charge in [0.1, 0.15) is 5.82 Å². The van der Waals surface area contributed by atoms with Crippen molar-refractivity contribution in [1.29, 1.82) is 0 Å². The summed E-state index contributed by atoms with van der Waals surface area (Å²) in [6, 6.07) is 13.6. The zero-order valence-electron chi connectivity index (χ0n) is 15.7. The van der Waals surface area contributed by atoms with Gasteiger partial charge in [-0.3, -0.25) is 4.79 Å². The predicted molar refractivity (Wildman–Crippen MR) is 107 cm³/mol. The van der Waals surface area contributed by atoms with E-state index in [4.69, 9.17) is 11.6 Å². The Morgan fingerprint density at radius 2 is 1.81 bits per heavy atom. The van der Waals surface area contributed by atoms with E-state index >= 15 is 0 Å². The van der Waals surface area contributed by atoms with E-state index in [9.17, 15) is 9.18 Å². The first-order valence-electron chi connectivity index (χ1n) is 9.53. The van der Waals surface area contributed by atoms with Gasteiger partial charge >= 0.3 is 0 Å². The van der Waals surface area contributed by atoms with Gasteiger partial charge in [-0.1, -0.05) is 42.8 Å². The van der Waals surface area contributed by atoms with Crippen LogP contribution < -0.4 is 0 Å². The molecule has 0 aromatic heterocycles. The summed E-state index contributed by atoms with van der Waals surface area (Å²) in [6.07, 6.45) is 2.39. The number of rotatable bonds is 6. The van der Waals surface area contributed by atoms with Crippen LogP contribution in [0.4, 0.5) is 4.39 Å². The van der Waals surface area contributed by atoms with Gasteiger partial charge in [-0.25, -0.2) is 4.39 Å². The maximum atomic E-state index is 14.2. The van der Waals surface area contributed by atoms with E-state index < -0.39 is 5.82 Å². The minimum Gasteiger partial charge on any atom is -0.333 e. The molecule has 2 aromatic rings. The molecule has 0 spiro atoms. The normalized spacial score (nSPS) is 15.7. The number of amides is 1. The van der Waals surface area contributed by atoms with Gasteiger partial charge in [-0.05, 0) is 61.7 Å². The largest absolute Gasteiger partial charge is 0.333 e. The fourth-order valence-corrected chi connectivity index (χ4v) is 3.54. The molecule has 0 aliphatic carbocycles. The zero-order chi connectivity index (χ0) is 19.2. The number of carbonyl (C=O) groups is 1. The van der Waals surface area contributed by atoms with Crippen LogP contribution in [-0.4, -0.2) is 41.9 Å². The third-order valence-electron chi connectivity index (χ3n) is 5.24. The summed E-state index contributed by atoms with van der Waals surface area (Å²) in [5, 5.41) is 0.660. The highest BCUT2D eigenvalue weighted by atomic mass is 35.5. The maximum Gasteiger partial charge on any atom is 0.257 e. The number of hydrogen-bond acceptors (Lipinski definition) is 2. The lowest BCUT2D eigenvalue weighted by atomic mass is 9.99. The Morgan fingerprint density at radius 3 is 2.48 bits per heavy atom. The van der Waals surface area contributed by atoms with Gasteiger partial charge in [0.2, 0.25) is 0 Å². The van der Waals surface area contributed by atoms with Crippen LogP contribution in [0.25, 0.3) is 0 Å². The molecular formula is C22H26ClFN2O. The molecule has 3 nitrogen and oxygen atoms in total. The van der Waals surface area contributed by atoms with E-state index in [1.807, 2.05) is 24.3 Å². The summed E-state index contributed by atoms with van der Waals surface area (Å²) in [6.45, 7) is 6.22. The highest BCUT2D eigenvalue weighted by Gasteiger charge is 2.21. The van der Waals surface area contributed by atoms with E-state index in [1.54, 1.807) is 23.1 Å². The standard InChI is InChI=1S/C22H26ClFN2O/c1-17-10-12-25(13-11-17)14-15-26(16-18-6-8-19(23)9-7-18)22(27)20-4-2-3-5-21(20)24/h2-9,17H,10-16H2,1H3. The van der Waals surface area contributed by atoms with Gasteiger partial charge in [0.05, 0.1) is 5.56 Å². The van der Waals surface area contributed by atoms with E-state index in [-0.39, 0.29) is 11.5 Å². The summed E-state index contributed by atoms with van der Waals surface area (Å²) in [5.74, 6) is 0.0234. The highest BCUT2D eigenvalue weighted by Crippen LogP contribution is 2.18. The molecule has 5 heteroatoms. The summed E-state index contributed by atoms with van der Waals surface area (Å²) in [5.41, 5.74) is 1.11. The summed E-state index contributed by atoms with van der Waals surface area (Å²) in [4.78, 5) is 17.1. The van der Waals surface area contributed by atoms with Crippen LogP contribution in [0.5, 0.6) is 0 Å². The van der Waals surface area contributed by atoms with Crippen molar-refractivity contribution in [3.8, 4) is 0 Å². The second-order valence-electron chi connectivity index (χ2n) is 7.36. The van der Waals surface area contributed by atoms with Crippen LogP contribution in [0, 0.1) is 11.7 Å². The monoisotopic (exact) mass is 388 g/mol. The van der Waals surface area contributed by atoms with Crippen LogP contribution in [0.15, 0.2) is 48.5 Å². The van der Waals surface area contributed by atoms with Crippen molar-refractivity contribution in [3.63, 3.8) is 0 Å². The number of nitrogens with zero attached hydrogens (tertiary/aromatic N) is 2. The fraction of sp³-hybridized carbons (Fsp3) is 0.409. The molecule has 1 aliphatic heterocycles. The Labute approximate surface area is 165 Å². The molecule has 1 saturated heterocycles. The Balaban J connectivity index is 1.72. The zero-order valence-corrected chi connectivity index (χ0v) is 16.5. The first-order chi connectivity index (χ1) is 13.0. The fourth-order valence-electron chi connectivity index (χ4n) is 3.42. The molecule has 3 rings (SSSR count). The minimum atomic E-state index is -0.476. The van der Waals surface area contributed by atoms with Gasteiger partial charge in [-0.15, -0.1) is 0 Å². The average molecular weight is 389 g/mol. The molecule has 1 fully saturated rings. The number of carbonyl (C=O) groups excluding carboxylic acids is 1. The van der Waals surface area contributed by atoms with Crippen molar-refractivity contribution in [2.75, 3.05) is 26.2 Å². The average Bonchev–Trinajstić information content (AvgIpc) is 2.68. The molecule has 0 bridgehead atoms. The molecule has 27 heavy (non-hydrogen) atoms. The smallest absolute Gasteiger partial charge is 0.257 e. The van der Waals surface area contributed by atoms with Crippen LogP contribution in [-0.2, 0) is 6.54 Å². The Bertz CT molecular complexity index is 757. The van der Waals surface area contributed by atoms with Crippen molar-refractivity contribution in [3.05, 3.63) is 70.5 Å². The van der Waals surface area contributed by atoms with E-state index in [0.29, 0.717) is 18.1 Å². The van der Waals surface area contributed by atoms with Crippen LogP contribution >= 0.6 is 11.6 Å². The second-order valence-corrected chi connectivity index (χ2v) is 7.79. The van der Waals surface area contributed by atoms with Gasteiger partial charge in [0, 0.05) is 24.7 Å². The molecule has 0 atom stereocenters.